The summed E-state index contributed by atoms with van der Waals surface area (Å²) in [5, 5.41) is 2.56. The van der Waals surface area contributed by atoms with Gasteiger partial charge >= 0.3 is 0 Å². The van der Waals surface area contributed by atoms with Crippen molar-refractivity contribution >= 4 is 28.4 Å². The van der Waals surface area contributed by atoms with Gasteiger partial charge in [-0.15, -0.1) is 11.3 Å². The first kappa shape index (κ1) is 18.2. The molecule has 7 heteroatoms. The van der Waals surface area contributed by atoms with Gasteiger partial charge in [0.2, 0.25) is 11.5 Å². The van der Waals surface area contributed by atoms with E-state index in [1.165, 1.54) is 32.7 Å². The quantitative estimate of drug-likeness (QED) is 0.691. The molecule has 0 spiro atoms. The second-order valence-corrected chi connectivity index (χ2v) is 6.96. The number of methoxy groups -OCH3 is 3. The predicted octanol–water partition coefficient (Wildman–Crippen LogP) is 4.08. The third kappa shape index (κ3) is 3.03. The Bertz CT molecular complexity index is 1050. The number of ether oxygens (including phenoxy) is 3. The molecular weight excluding hydrogens is 376 g/mol. The molecule has 0 saturated heterocycles. The number of thiazole rings is 1. The maximum atomic E-state index is 13.0. The van der Waals surface area contributed by atoms with E-state index in [0.717, 1.165) is 28.3 Å². The van der Waals surface area contributed by atoms with Crippen molar-refractivity contribution in [3.63, 3.8) is 0 Å². The van der Waals surface area contributed by atoms with Gasteiger partial charge in [-0.2, -0.15) is 0 Å². The van der Waals surface area contributed by atoms with Gasteiger partial charge in [-0.3, -0.25) is 9.79 Å². The molecule has 0 bridgehead atoms. The standard InChI is InChI=1S/C21H18N2O4S/c1-25-17-9-12(10-18(26-2)20(17)27-3)19(24)16-11-28-21(23-16)14-5-4-6-15-13(14)7-8-22-15/h4-5,7-11H,6H2,1-3H3. The molecule has 0 amide bonds. The van der Waals surface area contributed by atoms with E-state index in [-0.39, 0.29) is 5.78 Å². The average molecular weight is 394 g/mol. The molecule has 0 unspecified atom stereocenters. The fourth-order valence-electron chi connectivity index (χ4n) is 3.20. The minimum Gasteiger partial charge on any atom is -0.493 e. The maximum Gasteiger partial charge on any atom is 0.212 e. The van der Waals surface area contributed by atoms with Gasteiger partial charge in [0.15, 0.2) is 11.5 Å². The minimum absolute atomic E-state index is 0.206. The summed E-state index contributed by atoms with van der Waals surface area (Å²) < 4.78 is 16.0. The monoisotopic (exact) mass is 394 g/mol. The summed E-state index contributed by atoms with van der Waals surface area (Å²) in [7, 11) is 4.56. The highest BCUT2D eigenvalue weighted by atomic mass is 32.1. The number of hydrogen-bond donors (Lipinski definition) is 0. The van der Waals surface area contributed by atoms with Crippen molar-refractivity contribution in [2.45, 2.75) is 6.42 Å². The summed E-state index contributed by atoms with van der Waals surface area (Å²) in [6.45, 7) is 0. The van der Waals surface area contributed by atoms with Crippen molar-refractivity contribution in [1.29, 1.82) is 0 Å². The molecule has 1 aromatic carbocycles. The number of aliphatic imine (C=N–C) groups is 1. The van der Waals surface area contributed by atoms with Crippen LogP contribution in [0.15, 0.2) is 52.5 Å². The van der Waals surface area contributed by atoms with Crippen molar-refractivity contribution in [2.24, 2.45) is 4.99 Å². The van der Waals surface area contributed by atoms with E-state index in [9.17, 15) is 4.79 Å². The van der Waals surface area contributed by atoms with Crippen molar-refractivity contribution < 1.29 is 19.0 Å². The third-order valence-corrected chi connectivity index (χ3v) is 5.44. The molecule has 1 aromatic heterocycles. The van der Waals surface area contributed by atoms with Crippen LogP contribution in [-0.2, 0) is 0 Å². The molecule has 0 N–H and O–H groups in total. The fraction of sp³-hybridized carbons (Fsp3) is 0.190. The van der Waals surface area contributed by atoms with E-state index >= 15 is 0 Å². The van der Waals surface area contributed by atoms with Crippen molar-refractivity contribution in [3.05, 3.63) is 63.8 Å². The van der Waals surface area contributed by atoms with Gasteiger partial charge in [0, 0.05) is 34.7 Å². The topological polar surface area (TPSA) is 70.0 Å². The predicted molar refractivity (Wildman–Crippen MR) is 109 cm³/mol. The van der Waals surface area contributed by atoms with Gasteiger partial charge in [-0.1, -0.05) is 12.2 Å². The minimum atomic E-state index is -0.206. The Morgan fingerprint density at radius 1 is 1.04 bits per heavy atom. The third-order valence-electron chi connectivity index (χ3n) is 4.56. The number of carbonyl (C=O) groups is 1. The number of nitrogens with zero attached hydrogens (tertiary/aromatic N) is 2. The number of benzene rings is 1. The Kier molecular flexibility index (Phi) is 4.83. The molecule has 6 nitrogen and oxygen atoms in total. The van der Waals surface area contributed by atoms with E-state index in [1.54, 1.807) is 23.7 Å². The van der Waals surface area contributed by atoms with Crippen molar-refractivity contribution in [2.75, 3.05) is 21.3 Å². The summed E-state index contributed by atoms with van der Waals surface area (Å²) in [6.07, 6.45) is 8.70. The van der Waals surface area contributed by atoms with Crippen LogP contribution in [0, 0.1) is 0 Å². The van der Waals surface area contributed by atoms with Crippen molar-refractivity contribution in [1.82, 2.24) is 4.98 Å². The molecule has 142 valence electrons. The van der Waals surface area contributed by atoms with Crippen LogP contribution < -0.4 is 14.2 Å². The molecule has 4 rings (SSSR count). The SMILES string of the molecule is COc1cc(C(=O)c2csc(C3=C4C=CN=C4CC=C3)n2)cc(OC)c1OC. The smallest absolute Gasteiger partial charge is 0.212 e. The van der Waals surface area contributed by atoms with Crippen LogP contribution in [0.1, 0.15) is 27.5 Å². The lowest BCUT2D eigenvalue weighted by molar-refractivity contribution is 0.103. The normalized spacial score (nSPS) is 14.8. The van der Waals surface area contributed by atoms with Gasteiger partial charge in [0.1, 0.15) is 10.7 Å². The summed E-state index contributed by atoms with van der Waals surface area (Å²) >= 11 is 1.44. The fourth-order valence-corrected chi connectivity index (χ4v) is 4.04. The van der Waals surface area contributed by atoms with E-state index in [2.05, 4.69) is 16.1 Å². The lowest BCUT2D eigenvalue weighted by atomic mass is 9.97. The summed E-state index contributed by atoms with van der Waals surface area (Å²) in [5.74, 6) is 1.10. The maximum absolute atomic E-state index is 13.0. The highest BCUT2D eigenvalue weighted by Gasteiger charge is 2.22. The number of ketones is 1. The molecule has 0 saturated carbocycles. The molecule has 0 atom stereocenters. The van der Waals surface area contributed by atoms with E-state index in [1.807, 2.05) is 12.2 Å². The molecule has 0 fully saturated rings. The van der Waals surface area contributed by atoms with E-state index in [4.69, 9.17) is 14.2 Å². The summed E-state index contributed by atoms with van der Waals surface area (Å²) in [5.41, 5.74) is 3.90. The van der Waals surface area contributed by atoms with Crippen LogP contribution in [0.3, 0.4) is 0 Å². The van der Waals surface area contributed by atoms with Crippen LogP contribution >= 0.6 is 11.3 Å². The molecule has 1 aliphatic carbocycles. The number of fused-ring (bicyclic) bond motifs is 1. The molecule has 28 heavy (non-hydrogen) atoms. The number of hydrogen-bond acceptors (Lipinski definition) is 7. The first-order valence-corrected chi connectivity index (χ1v) is 9.49. The number of allylic oxidation sites excluding steroid dienone is 5. The van der Waals surface area contributed by atoms with Gasteiger partial charge in [0.25, 0.3) is 0 Å². The zero-order valence-electron chi connectivity index (χ0n) is 15.7. The highest BCUT2D eigenvalue weighted by molar-refractivity contribution is 7.11. The first-order chi connectivity index (χ1) is 13.7. The Balaban J connectivity index is 1.70. The van der Waals surface area contributed by atoms with Crippen LogP contribution in [-0.4, -0.2) is 37.8 Å². The van der Waals surface area contributed by atoms with Gasteiger partial charge in [-0.25, -0.2) is 4.98 Å². The second-order valence-electron chi connectivity index (χ2n) is 6.11. The molecule has 0 radical (unpaired) electrons. The van der Waals surface area contributed by atoms with Gasteiger partial charge in [-0.05, 0) is 18.2 Å². The van der Waals surface area contributed by atoms with Crippen LogP contribution in [0.2, 0.25) is 0 Å². The Hall–Kier alpha value is -3.19. The van der Waals surface area contributed by atoms with Crippen LogP contribution in [0.5, 0.6) is 17.2 Å². The number of carbonyl (C=O) groups excluding carboxylic acids is 1. The first-order valence-electron chi connectivity index (χ1n) is 8.61. The zero-order valence-corrected chi connectivity index (χ0v) is 16.5. The molecular formula is C21H18N2O4S. The van der Waals surface area contributed by atoms with Gasteiger partial charge in [0.05, 0.1) is 27.0 Å². The lowest BCUT2D eigenvalue weighted by Gasteiger charge is -2.13. The summed E-state index contributed by atoms with van der Waals surface area (Å²) in [6, 6.07) is 3.27. The average Bonchev–Trinajstić information content (AvgIpc) is 3.41. The Morgan fingerprint density at radius 2 is 1.79 bits per heavy atom. The van der Waals surface area contributed by atoms with Crippen LogP contribution in [0.4, 0.5) is 0 Å². The van der Waals surface area contributed by atoms with E-state index in [0.29, 0.717) is 28.5 Å². The summed E-state index contributed by atoms with van der Waals surface area (Å²) in [4.78, 5) is 22.0. The number of aromatic nitrogens is 1. The Morgan fingerprint density at radius 3 is 2.46 bits per heavy atom. The number of rotatable bonds is 6. The molecule has 2 aliphatic rings. The Labute approximate surface area is 166 Å². The van der Waals surface area contributed by atoms with Crippen LogP contribution in [0.25, 0.3) is 5.57 Å². The largest absolute Gasteiger partial charge is 0.493 e. The molecule has 2 aromatic rings. The van der Waals surface area contributed by atoms with Gasteiger partial charge < -0.3 is 14.2 Å². The molecule has 1 aliphatic heterocycles. The lowest BCUT2D eigenvalue weighted by Crippen LogP contribution is -2.06. The second kappa shape index (κ2) is 7.44. The molecule has 2 heterocycles. The highest BCUT2D eigenvalue weighted by Crippen LogP contribution is 2.39. The zero-order chi connectivity index (χ0) is 19.7. The van der Waals surface area contributed by atoms with Crippen molar-refractivity contribution in [3.8, 4) is 17.2 Å². The van der Waals surface area contributed by atoms with E-state index < -0.39 is 0 Å².